The van der Waals surface area contributed by atoms with Crippen LogP contribution in [0.4, 0.5) is 5.69 Å². The summed E-state index contributed by atoms with van der Waals surface area (Å²) in [6.07, 6.45) is 1.20. The maximum absolute atomic E-state index is 10.3. The van der Waals surface area contributed by atoms with E-state index >= 15 is 0 Å². The van der Waals surface area contributed by atoms with Gasteiger partial charge in [0, 0.05) is 0 Å². The van der Waals surface area contributed by atoms with E-state index in [0.29, 0.717) is 13.2 Å². The Morgan fingerprint density at radius 1 is 1.82 bits per heavy atom. The molecule has 6 nitrogen and oxygen atoms in total. The fraction of sp³-hybridized carbons (Fsp3) is 0.400. The van der Waals surface area contributed by atoms with Gasteiger partial charge in [0.15, 0.2) is 0 Å². The van der Waals surface area contributed by atoms with E-state index in [9.17, 15) is 10.1 Å². The number of rotatable bonds is 1. The molecule has 1 aliphatic rings. The molecule has 0 atom stereocenters. The third-order valence-corrected chi connectivity index (χ3v) is 1.51. The number of nitrogens with zero attached hydrogens (tertiary/aromatic N) is 3. The number of nitro groups is 1. The van der Waals surface area contributed by atoms with Gasteiger partial charge in [-0.2, -0.15) is 5.10 Å². The minimum atomic E-state index is -0.496. The monoisotopic (exact) mass is 155 g/mol. The Morgan fingerprint density at radius 2 is 2.64 bits per heavy atom. The Bertz CT molecular complexity index is 306. The van der Waals surface area contributed by atoms with Crippen LogP contribution < -0.4 is 4.74 Å². The summed E-state index contributed by atoms with van der Waals surface area (Å²) < 4.78 is 6.47. The molecule has 0 saturated heterocycles. The third-order valence-electron chi connectivity index (χ3n) is 1.51. The summed E-state index contributed by atoms with van der Waals surface area (Å²) in [5.74, 6) is 0.273. The van der Waals surface area contributed by atoms with Crippen LogP contribution in [0.1, 0.15) is 0 Å². The predicted octanol–water partition coefficient (Wildman–Crippen LogP) is 0.184. The van der Waals surface area contributed by atoms with E-state index in [1.54, 1.807) is 0 Å². The van der Waals surface area contributed by atoms with E-state index in [1.165, 1.54) is 10.9 Å². The zero-order valence-electron chi connectivity index (χ0n) is 5.56. The van der Waals surface area contributed by atoms with Crippen molar-refractivity contribution >= 4 is 5.69 Å². The second-order valence-corrected chi connectivity index (χ2v) is 2.16. The Morgan fingerprint density at radius 3 is 3.36 bits per heavy atom. The number of hydrogen-bond acceptors (Lipinski definition) is 4. The molecule has 1 aromatic rings. The van der Waals surface area contributed by atoms with Gasteiger partial charge in [-0.25, -0.2) is 4.68 Å². The molecule has 0 saturated carbocycles. The molecule has 11 heavy (non-hydrogen) atoms. The van der Waals surface area contributed by atoms with Crippen LogP contribution in [0.3, 0.4) is 0 Å². The summed E-state index contributed by atoms with van der Waals surface area (Å²) in [6.45, 7) is 1.08. The molecule has 0 unspecified atom stereocenters. The highest BCUT2D eigenvalue weighted by Gasteiger charge is 2.25. The minimum Gasteiger partial charge on any atom is -0.471 e. The van der Waals surface area contributed by atoms with Crippen LogP contribution in [0, 0.1) is 10.1 Å². The van der Waals surface area contributed by atoms with Gasteiger partial charge in [-0.15, -0.1) is 0 Å². The number of fused-ring (bicyclic) bond motifs is 1. The van der Waals surface area contributed by atoms with Crippen LogP contribution in [0.25, 0.3) is 0 Å². The first-order valence-corrected chi connectivity index (χ1v) is 3.12. The van der Waals surface area contributed by atoms with Crippen molar-refractivity contribution in [3.05, 3.63) is 16.3 Å². The molecule has 6 heteroatoms. The fourth-order valence-corrected chi connectivity index (χ4v) is 1.03. The summed E-state index contributed by atoms with van der Waals surface area (Å²) in [7, 11) is 0. The van der Waals surface area contributed by atoms with E-state index in [0.717, 1.165) is 0 Å². The number of aromatic nitrogens is 2. The Kier molecular flexibility index (Phi) is 1.09. The lowest BCUT2D eigenvalue weighted by atomic mass is 10.6. The average molecular weight is 155 g/mol. The largest absolute Gasteiger partial charge is 0.471 e. The highest BCUT2D eigenvalue weighted by Crippen LogP contribution is 2.28. The lowest BCUT2D eigenvalue weighted by Gasteiger charge is -1.89. The lowest BCUT2D eigenvalue weighted by molar-refractivity contribution is -0.385. The highest BCUT2D eigenvalue weighted by molar-refractivity contribution is 5.39. The minimum absolute atomic E-state index is 0.0532. The van der Waals surface area contributed by atoms with E-state index < -0.39 is 4.92 Å². The molecule has 0 aromatic carbocycles. The third kappa shape index (κ3) is 0.754. The predicted molar refractivity (Wildman–Crippen MR) is 34.4 cm³/mol. The molecule has 0 amide bonds. The summed E-state index contributed by atoms with van der Waals surface area (Å²) in [5.41, 5.74) is -0.0532. The van der Waals surface area contributed by atoms with Gasteiger partial charge in [-0.1, -0.05) is 0 Å². The molecule has 2 rings (SSSR count). The number of ether oxygens (including phenoxy) is 1. The van der Waals surface area contributed by atoms with E-state index in [-0.39, 0.29) is 11.6 Å². The fourth-order valence-electron chi connectivity index (χ4n) is 1.03. The van der Waals surface area contributed by atoms with Gasteiger partial charge in [0.1, 0.15) is 12.8 Å². The summed E-state index contributed by atoms with van der Waals surface area (Å²) in [6, 6.07) is 0. The Labute approximate surface area is 61.5 Å². The topological polar surface area (TPSA) is 70.2 Å². The lowest BCUT2D eigenvalue weighted by Crippen LogP contribution is -1.94. The van der Waals surface area contributed by atoms with Crippen LogP contribution in [0.15, 0.2) is 6.20 Å². The molecule has 58 valence electrons. The smallest absolute Gasteiger partial charge is 0.350 e. The van der Waals surface area contributed by atoms with Crippen molar-refractivity contribution in [3.63, 3.8) is 0 Å². The van der Waals surface area contributed by atoms with Crippen LogP contribution in [-0.4, -0.2) is 21.3 Å². The van der Waals surface area contributed by atoms with Crippen LogP contribution >= 0.6 is 0 Å². The van der Waals surface area contributed by atoms with Crippen molar-refractivity contribution in [3.8, 4) is 5.88 Å². The molecule has 0 spiro atoms. The van der Waals surface area contributed by atoms with E-state index in [2.05, 4.69) is 5.10 Å². The Balaban J connectivity index is 2.50. The zero-order chi connectivity index (χ0) is 7.84. The molecule has 0 aliphatic carbocycles. The molecule has 1 aromatic heterocycles. The van der Waals surface area contributed by atoms with E-state index in [1.807, 2.05) is 0 Å². The molecule has 0 N–H and O–H groups in total. The SMILES string of the molecule is O=[N+]([O-])c1cnn2c1OCC2. The van der Waals surface area contributed by atoms with Crippen LogP contribution in [-0.2, 0) is 6.54 Å². The highest BCUT2D eigenvalue weighted by atomic mass is 16.6. The van der Waals surface area contributed by atoms with Crippen LogP contribution in [0.5, 0.6) is 5.88 Å². The number of hydrogen-bond donors (Lipinski definition) is 0. The Hall–Kier alpha value is -1.59. The molecule has 1 aliphatic heterocycles. The van der Waals surface area contributed by atoms with Gasteiger partial charge in [-0.05, 0) is 0 Å². The quantitative estimate of drug-likeness (QED) is 0.428. The zero-order valence-corrected chi connectivity index (χ0v) is 5.56. The normalized spacial score (nSPS) is 14.2. The second-order valence-electron chi connectivity index (χ2n) is 2.16. The maximum Gasteiger partial charge on any atom is 0.350 e. The van der Waals surface area contributed by atoms with Crippen molar-refractivity contribution in [1.82, 2.24) is 9.78 Å². The molecular formula is C5H5N3O3. The van der Waals surface area contributed by atoms with Gasteiger partial charge in [0.05, 0.1) is 11.5 Å². The van der Waals surface area contributed by atoms with E-state index in [4.69, 9.17) is 4.74 Å². The molecule has 0 radical (unpaired) electrons. The summed E-state index contributed by atoms with van der Waals surface area (Å²) >= 11 is 0. The van der Waals surface area contributed by atoms with Gasteiger partial charge in [-0.3, -0.25) is 10.1 Å². The average Bonchev–Trinajstić information content (AvgIpc) is 2.41. The first-order chi connectivity index (χ1) is 5.29. The van der Waals surface area contributed by atoms with Crippen LogP contribution in [0.2, 0.25) is 0 Å². The summed E-state index contributed by atoms with van der Waals surface area (Å²) in [4.78, 5) is 9.80. The van der Waals surface area contributed by atoms with Crippen molar-refractivity contribution in [2.45, 2.75) is 6.54 Å². The molecule has 0 bridgehead atoms. The van der Waals surface area contributed by atoms with Crippen molar-refractivity contribution in [2.24, 2.45) is 0 Å². The van der Waals surface area contributed by atoms with Gasteiger partial charge < -0.3 is 4.74 Å². The first kappa shape index (κ1) is 6.14. The first-order valence-electron chi connectivity index (χ1n) is 3.12. The maximum atomic E-state index is 10.3. The second kappa shape index (κ2) is 1.94. The van der Waals surface area contributed by atoms with Crippen molar-refractivity contribution in [1.29, 1.82) is 0 Å². The summed E-state index contributed by atoms with van der Waals surface area (Å²) in [5, 5.41) is 14.1. The van der Waals surface area contributed by atoms with Crippen molar-refractivity contribution < 1.29 is 9.66 Å². The molecule has 0 fully saturated rings. The van der Waals surface area contributed by atoms with Gasteiger partial charge in [0.2, 0.25) is 0 Å². The standard InChI is InChI=1S/C5H5N3O3/c9-8(10)4-3-6-7-1-2-11-5(4)7/h3H,1-2H2. The molecular weight excluding hydrogens is 150 g/mol. The van der Waals surface area contributed by atoms with Gasteiger partial charge in [0.25, 0.3) is 5.88 Å². The van der Waals surface area contributed by atoms with Gasteiger partial charge >= 0.3 is 5.69 Å². The van der Waals surface area contributed by atoms with Crippen molar-refractivity contribution in [2.75, 3.05) is 6.61 Å². The molecule has 2 heterocycles.